The molecule has 0 saturated heterocycles. The van der Waals surface area contributed by atoms with E-state index in [1.54, 1.807) is 0 Å². The van der Waals surface area contributed by atoms with E-state index in [-0.39, 0.29) is 0 Å². The molecule has 224 valence electrons. The summed E-state index contributed by atoms with van der Waals surface area (Å²) in [6.45, 7) is 0.747. The number of para-hydroxylation sites is 4. The molecule has 4 heteroatoms. The van der Waals surface area contributed by atoms with E-state index in [9.17, 15) is 0 Å². The maximum absolute atomic E-state index is 4.74. The van der Waals surface area contributed by atoms with Crippen molar-refractivity contribution in [2.45, 2.75) is 6.42 Å². The number of fused-ring (bicyclic) bond motifs is 4. The monoisotopic (exact) mass is 604 g/mol. The van der Waals surface area contributed by atoms with Gasteiger partial charge in [0, 0.05) is 28.3 Å². The Hall–Kier alpha value is -6.13. The molecular formula is C43H32N4. The third-order valence-electron chi connectivity index (χ3n) is 9.24. The van der Waals surface area contributed by atoms with Crippen molar-refractivity contribution >= 4 is 44.6 Å². The SMILES string of the molecule is c1ccc(-c2cc(Cc3ccc4c5ccccc5n(-c5ccccn5)c4c3)cc(N3CN(c4ccccc4)c4ccccc43)c2)cc1. The maximum Gasteiger partial charge on any atom is 0.137 e. The van der Waals surface area contributed by atoms with Crippen LogP contribution in [0.3, 0.4) is 0 Å². The number of pyridine rings is 1. The average molecular weight is 605 g/mol. The molecule has 0 fully saturated rings. The molecule has 47 heavy (non-hydrogen) atoms. The summed E-state index contributed by atoms with van der Waals surface area (Å²) in [5, 5.41) is 2.48. The Morgan fingerprint density at radius 2 is 1.15 bits per heavy atom. The number of nitrogens with zero attached hydrogens (tertiary/aromatic N) is 4. The molecule has 0 aliphatic carbocycles. The van der Waals surface area contributed by atoms with E-state index >= 15 is 0 Å². The van der Waals surface area contributed by atoms with E-state index in [1.165, 1.54) is 66.8 Å². The minimum absolute atomic E-state index is 0.747. The fraction of sp³-hybridized carbons (Fsp3) is 0.0465. The zero-order valence-electron chi connectivity index (χ0n) is 25.9. The van der Waals surface area contributed by atoms with Crippen LogP contribution in [0.1, 0.15) is 11.1 Å². The molecule has 3 heterocycles. The molecule has 9 rings (SSSR count). The van der Waals surface area contributed by atoms with Crippen LogP contribution < -0.4 is 9.80 Å². The second kappa shape index (κ2) is 11.3. The molecule has 1 aliphatic rings. The van der Waals surface area contributed by atoms with E-state index in [0.717, 1.165) is 18.9 Å². The van der Waals surface area contributed by atoms with Crippen molar-refractivity contribution in [3.8, 4) is 16.9 Å². The molecule has 2 aromatic heterocycles. The molecule has 0 radical (unpaired) electrons. The summed E-state index contributed by atoms with van der Waals surface area (Å²) < 4.78 is 2.29. The van der Waals surface area contributed by atoms with E-state index in [0.29, 0.717) is 0 Å². The molecule has 0 bridgehead atoms. The van der Waals surface area contributed by atoms with Crippen molar-refractivity contribution < 1.29 is 0 Å². The molecule has 1 aliphatic heterocycles. The highest BCUT2D eigenvalue weighted by molar-refractivity contribution is 6.09. The van der Waals surface area contributed by atoms with Crippen LogP contribution in [0.2, 0.25) is 0 Å². The van der Waals surface area contributed by atoms with Crippen LogP contribution in [0, 0.1) is 0 Å². The number of hydrogen-bond acceptors (Lipinski definition) is 3. The summed E-state index contributed by atoms with van der Waals surface area (Å²) in [5.74, 6) is 0.930. The van der Waals surface area contributed by atoms with Gasteiger partial charge < -0.3 is 9.80 Å². The van der Waals surface area contributed by atoms with Gasteiger partial charge in [0.25, 0.3) is 0 Å². The van der Waals surface area contributed by atoms with Crippen molar-refractivity contribution in [2.24, 2.45) is 0 Å². The summed E-state index contributed by atoms with van der Waals surface area (Å²) in [6.07, 6.45) is 2.68. The van der Waals surface area contributed by atoms with Gasteiger partial charge in [-0.1, -0.05) is 103 Å². The van der Waals surface area contributed by atoms with Crippen LogP contribution in [0.4, 0.5) is 22.7 Å². The van der Waals surface area contributed by atoms with Gasteiger partial charge in [-0.05, 0) is 89.3 Å². The van der Waals surface area contributed by atoms with E-state index in [1.807, 2.05) is 12.3 Å². The summed E-state index contributed by atoms with van der Waals surface area (Å²) in [6, 6.07) is 58.8. The Kier molecular flexibility index (Phi) is 6.57. The number of anilines is 4. The number of benzene rings is 6. The van der Waals surface area contributed by atoms with Crippen LogP contribution in [0.15, 0.2) is 170 Å². The van der Waals surface area contributed by atoms with Crippen molar-refractivity contribution in [3.63, 3.8) is 0 Å². The minimum Gasteiger partial charge on any atom is -0.321 e. The molecule has 0 spiro atoms. The smallest absolute Gasteiger partial charge is 0.137 e. The highest BCUT2D eigenvalue weighted by Gasteiger charge is 2.28. The van der Waals surface area contributed by atoms with Crippen LogP contribution in [-0.4, -0.2) is 16.2 Å². The zero-order valence-corrected chi connectivity index (χ0v) is 25.9. The summed E-state index contributed by atoms with van der Waals surface area (Å²) in [5.41, 5.74) is 12.1. The Bertz CT molecular complexity index is 2360. The third-order valence-corrected chi connectivity index (χ3v) is 9.24. The standard InChI is InChI=1S/C43H32N4/c1-3-13-33(14-4-1)34-26-32(27-36(29-34)46-30-45(35-15-5-2-6-16-35)40-19-9-10-20-41(40)46)25-31-22-23-38-37-17-7-8-18-39(37)47(42(38)28-31)43-21-11-12-24-44-43/h1-24,26-29H,25,30H2. The van der Waals surface area contributed by atoms with Crippen molar-refractivity contribution in [3.05, 3.63) is 181 Å². The van der Waals surface area contributed by atoms with Gasteiger partial charge in [0.15, 0.2) is 0 Å². The first kappa shape index (κ1) is 27.2. The van der Waals surface area contributed by atoms with Crippen LogP contribution in [-0.2, 0) is 6.42 Å². The lowest BCUT2D eigenvalue weighted by Crippen LogP contribution is -2.24. The van der Waals surface area contributed by atoms with E-state index in [4.69, 9.17) is 4.98 Å². The molecule has 6 aromatic carbocycles. The van der Waals surface area contributed by atoms with Gasteiger partial charge in [-0.25, -0.2) is 4.98 Å². The van der Waals surface area contributed by atoms with Gasteiger partial charge in [-0.3, -0.25) is 4.57 Å². The van der Waals surface area contributed by atoms with E-state index in [2.05, 4.69) is 172 Å². The van der Waals surface area contributed by atoms with Crippen molar-refractivity contribution in [2.75, 3.05) is 16.5 Å². The Morgan fingerprint density at radius 1 is 0.468 bits per heavy atom. The second-order valence-electron chi connectivity index (χ2n) is 12.1. The number of hydrogen-bond donors (Lipinski definition) is 0. The quantitative estimate of drug-likeness (QED) is 0.189. The van der Waals surface area contributed by atoms with Gasteiger partial charge in [0.2, 0.25) is 0 Å². The van der Waals surface area contributed by atoms with Gasteiger partial charge in [-0.2, -0.15) is 0 Å². The van der Waals surface area contributed by atoms with Gasteiger partial charge in [0.05, 0.1) is 22.4 Å². The highest BCUT2D eigenvalue weighted by atomic mass is 15.4. The lowest BCUT2D eigenvalue weighted by atomic mass is 9.97. The fourth-order valence-electron chi connectivity index (χ4n) is 7.09. The molecule has 8 aromatic rings. The third kappa shape index (κ3) is 4.82. The molecule has 0 N–H and O–H groups in total. The first-order valence-electron chi connectivity index (χ1n) is 16.1. The fourth-order valence-corrected chi connectivity index (χ4v) is 7.09. The average Bonchev–Trinajstić information content (AvgIpc) is 3.69. The van der Waals surface area contributed by atoms with Crippen molar-refractivity contribution in [1.29, 1.82) is 0 Å². The van der Waals surface area contributed by atoms with Crippen LogP contribution in [0.5, 0.6) is 0 Å². The van der Waals surface area contributed by atoms with Gasteiger partial charge in [-0.15, -0.1) is 0 Å². The maximum atomic E-state index is 4.74. The normalized spacial score (nSPS) is 12.6. The Labute approximate surface area is 274 Å². The largest absolute Gasteiger partial charge is 0.321 e. The predicted octanol–water partition coefficient (Wildman–Crippen LogP) is 10.7. The molecule has 0 amide bonds. The first-order valence-corrected chi connectivity index (χ1v) is 16.1. The molecule has 0 saturated carbocycles. The lowest BCUT2D eigenvalue weighted by Gasteiger charge is -2.23. The predicted molar refractivity (Wildman–Crippen MR) is 195 cm³/mol. The molecule has 0 atom stereocenters. The topological polar surface area (TPSA) is 24.3 Å². The Balaban J connectivity index is 1.16. The zero-order chi connectivity index (χ0) is 31.2. The lowest BCUT2D eigenvalue weighted by molar-refractivity contribution is 0.988. The van der Waals surface area contributed by atoms with E-state index < -0.39 is 0 Å². The summed E-state index contributed by atoms with van der Waals surface area (Å²) >= 11 is 0. The van der Waals surface area contributed by atoms with Gasteiger partial charge in [0.1, 0.15) is 12.5 Å². The molecule has 0 unspecified atom stereocenters. The molecular weight excluding hydrogens is 573 g/mol. The summed E-state index contributed by atoms with van der Waals surface area (Å²) in [4.78, 5) is 9.58. The van der Waals surface area contributed by atoms with Crippen molar-refractivity contribution in [1.82, 2.24) is 9.55 Å². The Morgan fingerprint density at radius 3 is 1.94 bits per heavy atom. The number of aromatic nitrogens is 2. The van der Waals surface area contributed by atoms with Gasteiger partial charge >= 0.3 is 0 Å². The minimum atomic E-state index is 0.747. The summed E-state index contributed by atoms with van der Waals surface area (Å²) in [7, 11) is 0. The first-order chi connectivity index (χ1) is 23.3. The second-order valence-corrected chi connectivity index (χ2v) is 12.1. The number of rotatable bonds is 6. The van der Waals surface area contributed by atoms with Crippen LogP contribution >= 0.6 is 0 Å². The van der Waals surface area contributed by atoms with Crippen LogP contribution in [0.25, 0.3) is 38.8 Å². The highest BCUT2D eigenvalue weighted by Crippen LogP contribution is 2.45. The molecule has 4 nitrogen and oxygen atoms in total.